The summed E-state index contributed by atoms with van der Waals surface area (Å²) >= 11 is -2.42. The van der Waals surface area contributed by atoms with Crippen molar-refractivity contribution in [1.82, 2.24) is 4.98 Å². The SMILES string of the molecule is CCC[CH2][Sn]([CH2]CCC)([CH2]CCC)[c]1ccnc(F)c1. The fourth-order valence-corrected chi connectivity index (χ4v) is 19.0. The Labute approximate surface area is 128 Å². The van der Waals surface area contributed by atoms with Crippen LogP contribution in [-0.2, 0) is 0 Å². The summed E-state index contributed by atoms with van der Waals surface area (Å²) in [5.41, 5.74) is 0. The van der Waals surface area contributed by atoms with Gasteiger partial charge in [-0.25, -0.2) is 0 Å². The molecule has 0 bridgehead atoms. The Balaban J connectivity index is 3.04. The summed E-state index contributed by atoms with van der Waals surface area (Å²) < 4.78 is 19.1. The number of unbranched alkanes of at least 4 members (excludes halogenated alkanes) is 3. The van der Waals surface area contributed by atoms with Crippen LogP contribution >= 0.6 is 0 Å². The molecule has 1 nitrogen and oxygen atoms in total. The Morgan fingerprint density at radius 1 is 0.950 bits per heavy atom. The summed E-state index contributed by atoms with van der Waals surface area (Å²) in [4.78, 5) is 3.76. The van der Waals surface area contributed by atoms with Crippen molar-refractivity contribution in [2.75, 3.05) is 0 Å². The van der Waals surface area contributed by atoms with E-state index >= 15 is 0 Å². The fraction of sp³-hybridized carbons (Fsp3) is 0.706. The minimum atomic E-state index is -2.42. The maximum atomic E-state index is 13.6. The van der Waals surface area contributed by atoms with E-state index in [-0.39, 0.29) is 5.95 Å². The molecule has 0 saturated heterocycles. The van der Waals surface area contributed by atoms with E-state index in [1.165, 1.54) is 55.4 Å². The van der Waals surface area contributed by atoms with Gasteiger partial charge in [0.05, 0.1) is 0 Å². The first-order valence-electron chi connectivity index (χ1n) is 8.30. The van der Waals surface area contributed by atoms with Gasteiger partial charge in [-0.2, -0.15) is 0 Å². The molecular weight excluding hydrogens is 356 g/mol. The van der Waals surface area contributed by atoms with Gasteiger partial charge in [-0.15, -0.1) is 0 Å². The van der Waals surface area contributed by atoms with E-state index < -0.39 is 18.4 Å². The molecule has 0 atom stereocenters. The van der Waals surface area contributed by atoms with Crippen molar-refractivity contribution in [3.8, 4) is 0 Å². The number of pyridine rings is 1. The fourth-order valence-electron chi connectivity index (χ4n) is 3.09. The molecule has 0 aromatic carbocycles. The minimum absolute atomic E-state index is 0.284. The number of nitrogens with zero attached hydrogens (tertiary/aromatic N) is 1. The zero-order valence-electron chi connectivity index (χ0n) is 13.4. The molecule has 3 heteroatoms. The summed E-state index contributed by atoms with van der Waals surface area (Å²) in [6, 6.07) is 3.89. The Morgan fingerprint density at radius 3 is 1.85 bits per heavy atom. The standard InChI is InChI=1S/C5H3FN.3C4H9.Sn/c6-5-3-1-2-4-7-5;3*1-3-4-2;/h2-4H;3*1,3-4H2,2H3;. The average Bonchev–Trinajstić information content (AvgIpc) is 2.47. The molecule has 0 radical (unpaired) electrons. The number of aromatic nitrogens is 1. The average molecular weight is 386 g/mol. The predicted octanol–water partition coefficient (Wildman–Crippen LogP) is 5.28. The monoisotopic (exact) mass is 387 g/mol. The van der Waals surface area contributed by atoms with Gasteiger partial charge in [-0.1, -0.05) is 0 Å². The molecule has 0 saturated carbocycles. The van der Waals surface area contributed by atoms with Gasteiger partial charge in [-0.3, -0.25) is 0 Å². The zero-order chi connectivity index (χ0) is 14.8. The van der Waals surface area contributed by atoms with Gasteiger partial charge in [0.2, 0.25) is 0 Å². The molecule has 1 aromatic rings. The molecule has 0 fully saturated rings. The van der Waals surface area contributed by atoms with Crippen LogP contribution in [0.3, 0.4) is 0 Å². The van der Waals surface area contributed by atoms with E-state index in [0.29, 0.717) is 0 Å². The van der Waals surface area contributed by atoms with E-state index in [0.717, 1.165) is 0 Å². The second-order valence-electron chi connectivity index (χ2n) is 5.96. The molecule has 0 unspecified atom stereocenters. The van der Waals surface area contributed by atoms with E-state index in [4.69, 9.17) is 0 Å². The maximum absolute atomic E-state index is 13.6. The van der Waals surface area contributed by atoms with Crippen LogP contribution in [0.4, 0.5) is 4.39 Å². The summed E-state index contributed by atoms with van der Waals surface area (Å²) in [5, 5.41) is 0. The topological polar surface area (TPSA) is 12.9 Å². The first kappa shape index (κ1) is 17.9. The molecule has 1 rings (SSSR count). The van der Waals surface area contributed by atoms with Crippen LogP contribution in [0.2, 0.25) is 13.3 Å². The molecule has 0 spiro atoms. The Kier molecular flexibility index (Phi) is 8.74. The number of hydrogen-bond donors (Lipinski definition) is 0. The molecule has 114 valence electrons. The molecule has 0 N–H and O–H groups in total. The Hall–Kier alpha value is -0.121. The van der Waals surface area contributed by atoms with Gasteiger partial charge in [0.1, 0.15) is 0 Å². The first-order chi connectivity index (χ1) is 9.68. The van der Waals surface area contributed by atoms with E-state index in [1.54, 1.807) is 12.3 Å². The predicted molar refractivity (Wildman–Crippen MR) is 88.7 cm³/mol. The summed E-state index contributed by atoms with van der Waals surface area (Å²) in [6.45, 7) is 6.80. The van der Waals surface area contributed by atoms with Gasteiger partial charge in [0.25, 0.3) is 0 Å². The van der Waals surface area contributed by atoms with Crippen molar-refractivity contribution in [3.05, 3.63) is 24.3 Å². The van der Waals surface area contributed by atoms with Gasteiger partial charge in [0, 0.05) is 0 Å². The molecule has 0 amide bonds. The Morgan fingerprint density at radius 2 is 1.45 bits per heavy atom. The van der Waals surface area contributed by atoms with Crippen LogP contribution in [0.25, 0.3) is 0 Å². The van der Waals surface area contributed by atoms with Crippen LogP contribution in [-0.4, -0.2) is 23.4 Å². The molecule has 1 aromatic heterocycles. The third-order valence-corrected chi connectivity index (χ3v) is 20.0. The molecule has 1 heterocycles. The molecule has 0 aliphatic carbocycles. The van der Waals surface area contributed by atoms with Gasteiger partial charge < -0.3 is 0 Å². The van der Waals surface area contributed by atoms with Crippen LogP contribution < -0.4 is 3.58 Å². The summed E-state index contributed by atoms with van der Waals surface area (Å²) in [6.07, 6.45) is 9.38. The van der Waals surface area contributed by atoms with Crippen molar-refractivity contribution >= 4 is 22.0 Å². The van der Waals surface area contributed by atoms with Crippen LogP contribution in [0, 0.1) is 5.95 Å². The number of hydrogen-bond acceptors (Lipinski definition) is 1. The first-order valence-corrected chi connectivity index (χ1v) is 15.8. The van der Waals surface area contributed by atoms with Crippen LogP contribution in [0.15, 0.2) is 18.3 Å². The van der Waals surface area contributed by atoms with Crippen molar-refractivity contribution in [2.45, 2.75) is 72.6 Å². The van der Waals surface area contributed by atoms with E-state index in [1.807, 2.05) is 0 Å². The van der Waals surface area contributed by atoms with Gasteiger partial charge in [0.15, 0.2) is 0 Å². The molecular formula is C17H30FNSn. The van der Waals surface area contributed by atoms with Crippen molar-refractivity contribution in [3.63, 3.8) is 0 Å². The van der Waals surface area contributed by atoms with E-state index in [9.17, 15) is 4.39 Å². The molecule has 0 aliphatic rings. The second kappa shape index (κ2) is 9.75. The second-order valence-corrected chi connectivity index (χ2v) is 19.2. The van der Waals surface area contributed by atoms with Crippen LogP contribution in [0.5, 0.6) is 0 Å². The number of rotatable bonds is 10. The third kappa shape index (κ3) is 5.34. The normalized spacial score (nSPS) is 11.8. The van der Waals surface area contributed by atoms with Gasteiger partial charge >= 0.3 is 128 Å². The summed E-state index contributed by atoms with van der Waals surface area (Å²) in [7, 11) is 0. The van der Waals surface area contributed by atoms with Crippen molar-refractivity contribution < 1.29 is 4.39 Å². The van der Waals surface area contributed by atoms with Crippen molar-refractivity contribution in [1.29, 1.82) is 0 Å². The third-order valence-electron chi connectivity index (χ3n) is 4.37. The Bertz CT molecular complexity index is 359. The van der Waals surface area contributed by atoms with E-state index in [2.05, 4.69) is 31.8 Å². The van der Waals surface area contributed by atoms with Crippen molar-refractivity contribution in [2.24, 2.45) is 0 Å². The zero-order valence-corrected chi connectivity index (χ0v) is 16.3. The van der Waals surface area contributed by atoms with Gasteiger partial charge in [-0.05, 0) is 0 Å². The van der Waals surface area contributed by atoms with Crippen LogP contribution in [0.1, 0.15) is 59.3 Å². The molecule has 20 heavy (non-hydrogen) atoms. The quantitative estimate of drug-likeness (QED) is 0.394. The number of halogens is 1. The molecule has 0 aliphatic heterocycles. The summed E-state index contributed by atoms with van der Waals surface area (Å²) in [5.74, 6) is -0.284.